The Morgan fingerprint density at radius 3 is 2.26 bits per heavy atom. The van der Waals surface area contributed by atoms with Crippen LogP contribution in [0.25, 0.3) is 5.69 Å². The van der Waals surface area contributed by atoms with Gasteiger partial charge in [0.2, 0.25) is 0 Å². The number of nitrogens with two attached hydrogens (primary N) is 1. The molecule has 100 valence electrons. The molecule has 2 aromatic rings. The number of para-hydroxylation sites is 1. The third kappa shape index (κ3) is 2.47. The zero-order valence-electron chi connectivity index (χ0n) is 11.9. The summed E-state index contributed by atoms with van der Waals surface area (Å²) in [7, 11) is 0. The predicted octanol–water partition coefficient (Wildman–Crippen LogP) is 2.78. The first-order valence-electron chi connectivity index (χ1n) is 6.47. The fourth-order valence-electron chi connectivity index (χ4n) is 2.42. The normalized spacial score (nSPS) is 12.5. The Morgan fingerprint density at radius 1 is 1.16 bits per heavy atom. The van der Waals surface area contributed by atoms with Crippen LogP contribution < -0.4 is 11.2 Å². The van der Waals surface area contributed by atoms with Gasteiger partial charge in [-0.25, -0.2) is 0 Å². The summed E-state index contributed by atoms with van der Waals surface area (Å²) in [5.74, 6) is 0. The Labute approximate surface area is 113 Å². The summed E-state index contributed by atoms with van der Waals surface area (Å²) in [6, 6.07) is 7.59. The first-order valence-corrected chi connectivity index (χ1v) is 6.47. The number of aryl methyl sites for hydroxylation is 3. The molecule has 2 rings (SSSR count). The standard InChI is InChI=1S/C16H20N2O/c1-10-6-5-7-11(2)16(10)18-9-14(13(4)17)15(19)8-12(18)3/h5-9,13H,17H2,1-4H3. The Balaban J connectivity index is 2.76. The number of hydrogen-bond acceptors (Lipinski definition) is 2. The van der Waals surface area contributed by atoms with E-state index in [1.165, 1.54) is 11.1 Å². The highest BCUT2D eigenvalue weighted by atomic mass is 16.1. The molecule has 2 N–H and O–H groups in total. The Morgan fingerprint density at radius 2 is 1.74 bits per heavy atom. The van der Waals surface area contributed by atoms with Crippen LogP contribution in [0.2, 0.25) is 0 Å². The highest BCUT2D eigenvalue weighted by Crippen LogP contribution is 2.21. The minimum atomic E-state index is -0.260. The molecule has 1 unspecified atom stereocenters. The molecule has 1 atom stereocenters. The largest absolute Gasteiger partial charge is 0.324 e. The van der Waals surface area contributed by atoms with Crippen molar-refractivity contribution in [3.8, 4) is 5.69 Å². The number of rotatable bonds is 2. The average molecular weight is 256 g/mol. The van der Waals surface area contributed by atoms with Gasteiger partial charge in [0.05, 0.1) is 5.69 Å². The second-order valence-corrected chi connectivity index (χ2v) is 5.13. The van der Waals surface area contributed by atoms with E-state index in [0.29, 0.717) is 5.56 Å². The summed E-state index contributed by atoms with van der Waals surface area (Å²) in [5.41, 5.74) is 10.9. The van der Waals surface area contributed by atoms with Gasteiger partial charge < -0.3 is 10.3 Å². The van der Waals surface area contributed by atoms with E-state index in [1.54, 1.807) is 6.07 Å². The van der Waals surface area contributed by atoms with Crippen LogP contribution in [0, 0.1) is 20.8 Å². The molecule has 0 spiro atoms. The second-order valence-electron chi connectivity index (χ2n) is 5.13. The van der Waals surface area contributed by atoms with Gasteiger partial charge >= 0.3 is 0 Å². The molecule has 0 amide bonds. The van der Waals surface area contributed by atoms with Crippen LogP contribution >= 0.6 is 0 Å². The monoisotopic (exact) mass is 256 g/mol. The van der Waals surface area contributed by atoms with Gasteiger partial charge in [0.1, 0.15) is 0 Å². The molecule has 0 saturated carbocycles. The van der Waals surface area contributed by atoms with E-state index in [1.807, 2.05) is 26.1 Å². The first kappa shape index (κ1) is 13.6. The number of aromatic nitrogens is 1. The summed E-state index contributed by atoms with van der Waals surface area (Å²) in [6.45, 7) is 7.93. The molecule has 19 heavy (non-hydrogen) atoms. The van der Waals surface area contributed by atoms with Crippen molar-refractivity contribution in [1.82, 2.24) is 4.57 Å². The Kier molecular flexibility index (Phi) is 3.58. The van der Waals surface area contributed by atoms with Crippen LogP contribution in [0.15, 0.2) is 35.3 Å². The van der Waals surface area contributed by atoms with E-state index >= 15 is 0 Å². The quantitative estimate of drug-likeness (QED) is 0.898. The summed E-state index contributed by atoms with van der Waals surface area (Å²) in [6.07, 6.45) is 1.87. The van der Waals surface area contributed by atoms with E-state index in [4.69, 9.17) is 5.73 Å². The maximum atomic E-state index is 11.9. The van der Waals surface area contributed by atoms with Crippen molar-refractivity contribution in [3.05, 3.63) is 63.1 Å². The molecule has 0 aliphatic rings. The molecule has 1 heterocycles. The van der Waals surface area contributed by atoms with Gasteiger partial charge in [0.25, 0.3) is 0 Å². The first-order chi connectivity index (χ1) is 8.91. The minimum Gasteiger partial charge on any atom is -0.324 e. The van der Waals surface area contributed by atoms with Gasteiger partial charge in [-0.05, 0) is 38.8 Å². The summed E-state index contributed by atoms with van der Waals surface area (Å²) in [5, 5.41) is 0. The third-order valence-corrected chi connectivity index (χ3v) is 3.44. The van der Waals surface area contributed by atoms with E-state index in [-0.39, 0.29) is 11.5 Å². The Hall–Kier alpha value is -1.87. The molecular formula is C16H20N2O. The van der Waals surface area contributed by atoms with Gasteiger partial charge in [-0.15, -0.1) is 0 Å². The van der Waals surface area contributed by atoms with Crippen LogP contribution in [0.1, 0.15) is 35.3 Å². The molecule has 0 bridgehead atoms. The molecule has 1 aromatic heterocycles. The lowest BCUT2D eigenvalue weighted by molar-refractivity contribution is 0.784. The number of nitrogens with zero attached hydrogens (tertiary/aromatic N) is 1. The SMILES string of the molecule is Cc1cccc(C)c1-n1cc(C(C)N)c(=O)cc1C. The Bertz CT molecular complexity index is 649. The van der Waals surface area contributed by atoms with Crippen molar-refractivity contribution in [3.63, 3.8) is 0 Å². The van der Waals surface area contributed by atoms with Gasteiger partial charge in [-0.2, -0.15) is 0 Å². The molecular weight excluding hydrogens is 236 g/mol. The number of hydrogen-bond donors (Lipinski definition) is 1. The molecule has 0 fully saturated rings. The van der Waals surface area contributed by atoms with Crippen molar-refractivity contribution < 1.29 is 0 Å². The van der Waals surface area contributed by atoms with Crippen molar-refractivity contribution in [2.75, 3.05) is 0 Å². The molecule has 3 nitrogen and oxygen atoms in total. The average Bonchev–Trinajstić information content (AvgIpc) is 2.30. The smallest absolute Gasteiger partial charge is 0.186 e. The maximum Gasteiger partial charge on any atom is 0.186 e. The lowest BCUT2D eigenvalue weighted by atomic mass is 10.1. The molecule has 0 aliphatic carbocycles. The van der Waals surface area contributed by atoms with Gasteiger partial charge in [0.15, 0.2) is 5.43 Å². The lowest BCUT2D eigenvalue weighted by Gasteiger charge is -2.18. The van der Waals surface area contributed by atoms with Crippen LogP contribution in [0.3, 0.4) is 0 Å². The van der Waals surface area contributed by atoms with Crippen molar-refractivity contribution in [2.45, 2.75) is 33.7 Å². The highest BCUT2D eigenvalue weighted by Gasteiger charge is 2.11. The fourth-order valence-corrected chi connectivity index (χ4v) is 2.42. The van der Waals surface area contributed by atoms with Crippen molar-refractivity contribution in [1.29, 1.82) is 0 Å². The zero-order valence-corrected chi connectivity index (χ0v) is 11.9. The van der Waals surface area contributed by atoms with E-state index in [9.17, 15) is 4.79 Å². The highest BCUT2D eigenvalue weighted by molar-refractivity contribution is 5.48. The fraction of sp³-hybridized carbons (Fsp3) is 0.312. The number of pyridine rings is 1. The number of benzene rings is 1. The summed E-state index contributed by atoms with van der Waals surface area (Å²) in [4.78, 5) is 11.9. The van der Waals surface area contributed by atoms with E-state index < -0.39 is 0 Å². The zero-order chi connectivity index (χ0) is 14.2. The summed E-state index contributed by atoms with van der Waals surface area (Å²) < 4.78 is 2.06. The van der Waals surface area contributed by atoms with E-state index in [2.05, 4.69) is 30.5 Å². The van der Waals surface area contributed by atoms with Crippen LogP contribution in [0.5, 0.6) is 0 Å². The second kappa shape index (κ2) is 5.02. The minimum absolute atomic E-state index is 0.00925. The van der Waals surface area contributed by atoms with Crippen molar-refractivity contribution >= 4 is 0 Å². The predicted molar refractivity (Wildman–Crippen MR) is 78.9 cm³/mol. The van der Waals surface area contributed by atoms with Gasteiger partial charge in [0, 0.05) is 29.6 Å². The van der Waals surface area contributed by atoms with Gasteiger partial charge in [-0.3, -0.25) is 4.79 Å². The van der Waals surface area contributed by atoms with Crippen LogP contribution in [0.4, 0.5) is 0 Å². The molecule has 0 saturated heterocycles. The van der Waals surface area contributed by atoms with Crippen LogP contribution in [-0.2, 0) is 0 Å². The molecule has 0 aliphatic heterocycles. The topological polar surface area (TPSA) is 48.0 Å². The van der Waals surface area contributed by atoms with Crippen molar-refractivity contribution in [2.24, 2.45) is 5.73 Å². The third-order valence-electron chi connectivity index (χ3n) is 3.44. The molecule has 0 radical (unpaired) electrons. The maximum absolute atomic E-state index is 11.9. The summed E-state index contributed by atoms with van der Waals surface area (Å²) >= 11 is 0. The molecule has 1 aromatic carbocycles. The lowest BCUT2D eigenvalue weighted by Crippen LogP contribution is -2.20. The van der Waals surface area contributed by atoms with Crippen LogP contribution in [-0.4, -0.2) is 4.57 Å². The van der Waals surface area contributed by atoms with Gasteiger partial charge in [-0.1, -0.05) is 18.2 Å². The molecule has 3 heteroatoms. The van der Waals surface area contributed by atoms with E-state index in [0.717, 1.165) is 11.4 Å².